The van der Waals surface area contributed by atoms with Gasteiger partial charge in [-0.3, -0.25) is 38.7 Å². The summed E-state index contributed by atoms with van der Waals surface area (Å²) in [5.41, 5.74) is 11.4. The van der Waals surface area contributed by atoms with Gasteiger partial charge in [-0.2, -0.15) is 23.5 Å². The number of hydrogen-bond acceptors (Lipinski definition) is 11. The maximum Gasteiger partial charge on any atom is 0.246 e. The van der Waals surface area contributed by atoms with Crippen LogP contribution in [-0.2, 0) is 45.0 Å². The molecule has 0 aliphatic carbocycles. The van der Waals surface area contributed by atoms with Gasteiger partial charge in [-0.15, -0.1) is 0 Å². The van der Waals surface area contributed by atoms with Gasteiger partial charge in [-0.05, 0) is 43.2 Å². The normalized spacial score (nSPS) is 17.8. The van der Waals surface area contributed by atoms with Crippen molar-refractivity contribution < 1.29 is 33.5 Å². The maximum absolute atomic E-state index is 13.9. The number of pyridine rings is 1. The predicted molar refractivity (Wildman–Crippen MR) is 215 cm³/mol. The lowest BCUT2D eigenvalue weighted by molar-refractivity contribution is -0.140. The summed E-state index contributed by atoms with van der Waals surface area (Å²) in [7, 11) is 0. The molecule has 6 amide bonds. The van der Waals surface area contributed by atoms with Crippen LogP contribution in [0.15, 0.2) is 18.2 Å². The van der Waals surface area contributed by atoms with Crippen LogP contribution in [0.3, 0.4) is 0 Å². The van der Waals surface area contributed by atoms with E-state index in [9.17, 15) is 28.8 Å². The molecule has 0 bridgehead atoms. The van der Waals surface area contributed by atoms with E-state index in [0.29, 0.717) is 42.3 Å². The Kier molecular flexibility index (Phi) is 19.7. The van der Waals surface area contributed by atoms with Gasteiger partial charge in [0, 0.05) is 81.0 Å². The third-order valence-electron chi connectivity index (χ3n) is 9.95. The van der Waals surface area contributed by atoms with Crippen LogP contribution >= 0.6 is 23.5 Å². The number of thioether (sulfide) groups is 2. The Morgan fingerprint density at radius 3 is 2.07 bits per heavy atom. The van der Waals surface area contributed by atoms with Crippen molar-refractivity contribution in [2.45, 2.75) is 114 Å². The van der Waals surface area contributed by atoms with Crippen molar-refractivity contribution in [2.75, 3.05) is 44.4 Å². The molecule has 2 saturated heterocycles. The van der Waals surface area contributed by atoms with Crippen molar-refractivity contribution >= 4 is 59.0 Å². The van der Waals surface area contributed by atoms with Gasteiger partial charge < -0.3 is 37.5 Å². The minimum atomic E-state index is -1.23. The van der Waals surface area contributed by atoms with Gasteiger partial charge in [0.1, 0.15) is 17.6 Å². The lowest BCUT2D eigenvalue weighted by Crippen LogP contribution is -2.64. The Labute approximate surface area is 334 Å². The van der Waals surface area contributed by atoms with Crippen molar-refractivity contribution in [3.05, 3.63) is 29.6 Å². The monoisotopic (exact) mass is 806 g/mol. The van der Waals surface area contributed by atoms with Gasteiger partial charge in [0.2, 0.25) is 35.4 Å². The van der Waals surface area contributed by atoms with E-state index in [2.05, 4.69) is 21.3 Å². The molecule has 3 atom stereocenters. The number of amides is 6. The maximum atomic E-state index is 13.9. The second-order valence-corrected chi connectivity index (χ2v) is 17.2. The summed E-state index contributed by atoms with van der Waals surface area (Å²) < 4.78 is 5.52. The molecule has 1 aromatic heterocycles. The Bertz CT molecular complexity index is 1440. The number of piperidine rings is 1. The summed E-state index contributed by atoms with van der Waals surface area (Å²) in [6.07, 6.45) is 3.73. The van der Waals surface area contributed by atoms with E-state index in [-0.39, 0.29) is 74.6 Å². The number of carbonyl (C=O) groups is 6. The molecule has 3 rings (SSSR count). The zero-order valence-electron chi connectivity index (χ0n) is 32.9. The topological polar surface area (TPSA) is 228 Å². The summed E-state index contributed by atoms with van der Waals surface area (Å²) in [4.78, 5) is 82.9. The highest BCUT2D eigenvalue weighted by atomic mass is 32.2. The van der Waals surface area contributed by atoms with Gasteiger partial charge in [-0.25, -0.2) is 0 Å². The minimum Gasteiger partial charge on any atom is -0.381 e. The third kappa shape index (κ3) is 16.3. The standard InChI is InChI=1S/C38H62N8O7S2/c1-5-26(4)34(35(40)50)44-36(51)30(21-25(2)3)43-37(52)38(13-17-53-18-14-38)45-33(49)12-20-55-24-29-8-6-7-28(41-29)23-54-19-11-32(48)42-27-9-15-46(16-10-27)22-31(39)47/h6-8,25-27,30,34H,5,9-24H2,1-4H3,(H2,39,47)(H2,40,50)(H,42,48)(H,43,52)(H,44,51)(H,45,49)/t26-,30-,34-/m0/s1. The fourth-order valence-corrected chi connectivity index (χ4v) is 8.26. The highest BCUT2D eigenvalue weighted by Gasteiger charge is 2.43. The molecular weight excluding hydrogens is 745 g/mol. The molecule has 2 aliphatic rings. The summed E-state index contributed by atoms with van der Waals surface area (Å²) >= 11 is 3.22. The van der Waals surface area contributed by atoms with Crippen molar-refractivity contribution in [1.29, 1.82) is 0 Å². The lowest BCUT2D eigenvalue weighted by atomic mass is 9.87. The van der Waals surface area contributed by atoms with E-state index in [1.807, 2.05) is 50.8 Å². The van der Waals surface area contributed by atoms with Gasteiger partial charge >= 0.3 is 0 Å². The molecule has 0 spiro atoms. The van der Waals surface area contributed by atoms with Crippen LogP contribution < -0.4 is 32.7 Å². The first-order chi connectivity index (χ1) is 26.2. The fraction of sp³-hybridized carbons (Fsp3) is 0.711. The summed E-state index contributed by atoms with van der Waals surface area (Å²) in [6, 6.07) is 4.22. The first-order valence-electron chi connectivity index (χ1n) is 19.4. The average molecular weight is 807 g/mol. The molecule has 0 radical (unpaired) electrons. The predicted octanol–water partition coefficient (Wildman–Crippen LogP) is 1.61. The van der Waals surface area contributed by atoms with Crippen LogP contribution in [-0.4, -0.2) is 113 Å². The average Bonchev–Trinajstić information content (AvgIpc) is 3.14. The molecule has 55 heavy (non-hydrogen) atoms. The quantitative estimate of drug-likeness (QED) is 0.0871. The number of ether oxygens (including phenoxy) is 1. The molecule has 15 nitrogen and oxygen atoms in total. The number of aromatic nitrogens is 1. The summed E-state index contributed by atoms with van der Waals surface area (Å²) in [5.74, 6) is 0.231. The van der Waals surface area contributed by atoms with E-state index in [0.717, 1.165) is 37.3 Å². The molecule has 308 valence electrons. The SMILES string of the molecule is CC[C@H](C)[C@H](NC(=O)[C@H](CC(C)C)NC(=O)C1(NC(=O)CCSCc2cccc(CSCCC(=O)NC3CCN(CC(N)=O)CC3)n2)CCOCC1)C(N)=O. The van der Waals surface area contributed by atoms with Crippen LogP contribution in [0.1, 0.15) is 90.4 Å². The van der Waals surface area contributed by atoms with Crippen LogP contribution in [0.25, 0.3) is 0 Å². The molecule has 0 saturated carbocycles. The van der Waals surface area contributed by atoms with E-state index in [4.69, 9.17) is 21.2 Å². The number of hydrogen-bond donors (Lipinski definition) is 6. The molecular formula is C38H62N8O7S2. The molecule has 3 heterocycles. The van der Waals surface area contributed by atoms with Crippen molar-refractivity contribution in [3.8, 4) is 0 Å². The van der Waals surface area contributed by atoms with Crippen LogP contribution in [0.2, 0.25) is 0 Å². The summed E-state index contributed by atoms with van der Waals surface area (Å²) in [6.45, 7) is 9.94. The van der Waals surface area contributed by atoms with Crippen LogP contribution in [0.4, 0.5) is 0 Å². The first-order valence-corrected chi connectivity index (χ1v) is 21.7. The number of nitrogens with two attached hydrogens (primary N) is 2. The van der Waals surface area contributed by atoms with Gasteiger partial charge in [-0.1, -0.05) is 40.2 Å². The Balaban J connectivity index is 1.43. The molecule has 17 heteroatoms. The number of rotatable bonds is 23. The van der Waals surface area contributed by atoms with Gasteiger partial charge in [0.15, 0.2) is 0 Å². The zero-order chi connectivity index (χ0) is 40.4. The summed E-state index contributed by atoms with van der Waals surface area (Å²) in [5, 5.41) is 11.7. The molecule has 2 aliphatic heterocycles. The van der Waals surface area contributed by atoms with Crippen LogP contribution in [0.5, 0.6) is 0 Å². The number of carbonyl (C=O) groups excluding carboxylic acids is 6. The highest BCUT2D eigenvalue weighted by molar-refractivity contribution is 7.98. The van der Waals surface area contributed by atoms with Gasteiger partial charge in [0.05, 0.1) is 17.9 Å². The van der Waals surface area contributed by atoms with E-state index in [1.165, 1.54) is 0 Å². The fourth-order valence-electron chi connectivity index (χ4n) is 6.57. The Hall–Kier alpha value is -3.41. The second-order valence-electron chi connectivity index (χ2n) is 15.0. The number of primary amides is 2. The molecule has 1 aromatic rings. The van der Waals surface area contributed by atoms with Crippen molar-refractivity contribution in [3.63, 3.8) is 0 Å². The second kappa shape index (κ2) is 23.6. The number of nitrogens with zero attached hydrogens (tertiary/aromatic N) is 2. The number of likely N-dealkylation sites (tertiary alicyclic amines) is 1. The molecule has 2 fully saturated rings. The van der Waals surface area contributed by atoms with E-state index >= 15 is 0 Å². The molecule has 0 aromatic carbocycles. The van der Waals surface area contributed by atoms with Crippen LogP contribution in [0, 0.1) is 11.8 Å². The van der Waals surface area contributed by atoms with E-state index < -0.39 is 35.3 Å². The van der Waals surface area contributed by atoms with Crippen molar-refractivity contribution in [2.24, 2.45) is 23.3 Å². The highest BCUT2D eigenvalue weighted by Crippen LogP contribution is 2.23. The van der Waals surface area contributed by atoms with E-state index in [1.54, 1.807) is 23.5 Å². The minimum absolute atomic E-state index is 0.0290. The van der Waals surface area contributed by atoms with Crippen molar-refractivity contribution in [1.82, 2.24) is 31.2 Å². The first kappa shape index (κ1) is 46.0. The smallest absolute Gasteiger partial charge is 0.246 e. The molecule has 0 unspecified atom stereocenters. The lowest BCUT2D eigenvalue weighted by Gasteiger charge is -2.38. The largest absolute Gasteiger partial charge is 0.381 e. The Morgan fingerprint density at radius 2 is 1.53 bits per heavy atom. The molecule has 8 N–H and O–H groups in total. The van der Waals surface area contributed by atoms with Gasteiger partial charge in [0.25, 0.3) is 0 Å². The third-order valence-corrected chi connectivity index (χ3v) is 11.9. The Morgan fingerprint density at radius 1 is 0.927 bits per heavy atom. The zero-order valence-corrected chi connectivity index (χ0v) is 34.5. The number of nitrogens with one attached hydrogen (secondary N) is 4.